The third-order valence-electron chi connectivity index (χ3n) is 4.80. The van der Waals surface area contributed by atoms with E-state index in [1.165, 1.54) is 16.9 Å². The molecule has 1 fully saturated rings. The Kier molecular flexibility index (Phi) is 5.89. The molecule has 0 atom stereocenters. The van der Waals surface area contributed by atoms with E-state index < -0.39 is 6.03 Å². The monoisotopic (exact) mass is 412 g/mol. The number of amides is 2. The number of nitrogens with two attached hydrogens (primary N) is 1. The van der Waals surface area contributed by atoms with E-state index in [4.69, 9.17) is 10.5 Å². The van der Waals surface area contributed by atoms with Crippen LogP contribution in [0.4, 0.5) is 10.5 Å². The number of aryl methyl sites for hydroxylation is 1. The fourth-order valence-electron chi connectivity index (χ4n) is 3.27. The first-order chi connectivity index (χ1) is 14.1. The molecule has 3 N–H and O–H groups in total. The molecule has 0 aliphatic carbocycles. The summed E-state index contributed by atoms with van der Waals surface area (Å²) in [6.45, 7) is 7.19. The number of thiophene rings is 1. The van der Waals surface area contributed by atoms with Crippen molar-refractivity contribution in [1.29, 1.82) is 0 Å². The van der Waals surface area contributed by atoms with Gasteiger partial charge in [0.15, 0.2) is 5.82 Å². The summed E-state index contributed by atoms with van der Waals surface area (Å²) in [5.41, 5.74) is 8.33. The number of carbonyl (C=O) groups is 1. The molecule has 0 spiro atoms. The summed E-state index contributed by atoms with van der Waals surface area (Å²) < 4.78 is 7.16. The number of nitrogens with one attached hydrogen (secondary N) is 1. The molecule has 0 radical (unpaired) electrons. The lowest BCUT2D eigenvalue weighted by Gasteiger charge is -2.26. The van der Waals surface area contributed by atoms with Crippen molar-refractivity contribution in [1.82, 2.24) is 19.7 Å². The minimum absolute atomic E-state index is 0.579. The molecular formula is C20H24N6O2S. The van der Waals surface area contributed by atoms with Crippen LogP contribution in [0.3, 0.4) is 0 Å². The predicted molar refractivity (Wildman–Crippen MR) is 114 cm³/mol. The van der Waals surface area contributed by atoms with Crippen molar-refractivity contribution < 1.29 is 9.53 Å². The van der Waals surface area contributed by atoms with Gasteiger partial charge in [0.1, 0.15) is 6.33 Å². The first-order valence-electron chi connectivity index (χ1n) is 9.62. The quantitative estimate of drug-likeness (QED) is 0.648. The van der Waals surface area contributed by atoms with Gasteiger partial charge in [-0.1, -0.05) is 24.3 Å². The number of morpholine rings is 1. The minimum atomic E-state index is -0.605. The summed E-state index contributed by atoms with van der Waals surface area (Å²) in [6.07, 6.45) is 1.68. The average Bonchev–Trinajstić information content (AvgIpc) is 3.36. The lowest BCUT2D eigenvalue weighted by atomic mass is 10.1. The summed E-state index contributed by atoms with van der Waals surface area (Å²) in [5.74, 6) is 0.579. The van der Waals surface area contributed by atoms with Crippen LogP contribution in [0.1, 0.15) is 12.5 Å². The summed E-state index contributed by atoms with van der Waals surface area (Å²) in [4.78, 5) is 20.0. The van der Waals surface area contributed by atoms with Crippen molar-refractivity contribution >= 4 is 23.1 Å². The van der Waals surface area contributed by atoms with Crippen LogP contribution in [0.5, 0.6) is 0 Å². The van der Waals surface area contributed by atoms with E-state index >= 15 is 0 Å². The SMILES string of the molecule is CCn1cnc(-c2sc(-c3ccc(CN4CCOCC4)cc3)cc2NC(N)=O)n1. The van der Waals surface area contributed by atoms with Crippen molar-refractivity contribution in [2.45, 2.75) is 20.0 Å². The van der Waals surface area contributed by atoms with Crippen LogP contribution in [0.2, 0.25) is 0 Å². The summed E-state index contributed by atoms with van der Waals surface area (Å²) in [6, 6.07) is 9.83. The number of hydrogen-bond acceptors (Lipinski definition) is 6. The van der Waals surface area contributed by atoms with Gasteiger partial charge in [-0.2, -0.15) is 0 Å². The molecule has 2 aromatic heterocycles. The first kappa shape index (κ1) is 19.6. The molecule has 3 aromatic rings. The Balaban J connectivity index is 1.58. The van der Waals surface area contributed by atoms with Crippen LogP contribution in [0.15, 0.2) is 36.7 Å². The molecule has 4 rings (SSSR count). The number of carbonyl (C=O) groups excluding carboxylic acids is 1. The summed E-state index contributed by atoms with van der Waals surface area (Å²) in [7, 11) is 0. The molecule has 152 valence electrons. The van der Waals surface area contributed by atoms with Crippen LogP contribution >= 0.6 is 11.3 Å². The Morgan fingerprint density at radius 2 is 2.03 bits per heavy atom. The summed E-state index contributed by atoms with van der Waals surface area (Å²) >= 11 is 1.54. The number of nitrogens with zero attached hydrogens (tertiary/aromatic N) is 4. The van der Waals surface area contributed by atoms with Crippen molar-refractivity contribution in [2.75, 3.05) is 31.6 Å². The van der Waals surface area contributed by atoms with E-state index in [-0.39, 0.29) is 0 Å². The Hall–Kier alpha value is -2.75. The minimum Gasteiger partial charge on any atom is -0.379 e. The van der Waals surface area contributed by atoms with Gasteiger partial charge in [-0.05, 0) is 24.1 Å². The maximum atomic E-state index is 11.4. The maximum Gasteiger partial charge on any atom is 0.316 e. The van der Waals surface area contributed by atoms with Crippen molar-refractivity contribution in [3.05, 3.63) is 42.2 Å². The molecule has 1 aromatic carbocycles. The zero-order valence-electron chi connectivity index (χ0n) is 16.3. The van der Waals surface area contributed by atoms with E-state index in [1.54, 1.807) is 11.0 Å². The highest BCUT2D eigenvalue weighted by molar-refractivity contribution is 7.19. The topological polar surface area (TPSA) is 98.3 Å². The molecule has 0 unspecified atom stereocenters. The first-order valence-corrected chi connectivity index (χ1v) is 10.4. The van der Waals surface area contributed by atoms with Crippen molar-refractivity contribution in [3.8, 4) is 21.1 Å². The van der Waals surface area contributed by atoms with Crippen LogP contribution in [-0.2, 0) is 17.8 Å². The largest absolute Gasteiger partial charge is 0.379 e. The van der Waals surface area contributed by atoms with Gasteiger partial charge in [-0.25, -0.2) is 9.78 Å². The van der Waals surface area contributed by atoms with Crippen molar-refractivity contribution in [3.63, 3.8) is 0 Å². The molecule has 0 bridgehead atoms. The molecule has 29 heavy (non-hydrogen) atoms. The molecule has 9 heteroatoms. The molecule has 1 saturated heterocycles. The number of rotatable bonds is 6. The molecule has 1 aliphatic rings. The number of urea groups is 1. The summed E-state index contributed by atoms with van der Waals surface area (Å²) in [5, 5.41) is 7.16. The van der Waals surface area contributed by atoms with E-state index in [0.717, 1.165) is 54.7 Å². The highest BCUT2D eigenvalue weighted by Crippen LogP contribution is 2.40. The molecule has 2 amide bonds. The van der Waals surface area contributed by atoms with E-state index in [9.17, 15) is 4.79 Å². The molecular weight excluding hydrogens is 388 g/mol. The van der Waals surface area contributed by atoms with Crippen LogP contribution in [0, 0.1) is 0 Å². The van der Waals surface area contributed by atoms with Gasteiger partial charge in [0, 0.05) is 31.1 Å². The number of primary amides is 1. The Bertz CT molecular complexity index is 975. The van der Waals surface area contributed by atoms with Crippen LogP contribution in [0.25, 0.3) is 21.1 Å². The molecule has 8 nitrogen and oxygen atoms in total. The van der Waals surface area contributed by atoms with Crippen molar-refractivity contribution in [2.24, 2.45) is 5.73 Å². The van der Waals surface area contributed by atoms with Gasteiger partial charge < -0.3 is 15.8 Å². The number of ether oxygens (including phenoxy) is 1. The van der Waals surface area contributed by atoms with Gasteiger partial charge in [-0.15, -0.1) is 16.4 Å². The molecule has 1 aliphatic heterocycles. The molecule has 3 heterocycles. The third kappa shape index (κ3) is 4.64. The third-order valence-corrected chi connectivity index (χ3v) is 5.98. The smallest absolute Gasteiger partial charge is 0.316 e. The van der Waals surface area contributed by atoms with E-state index in [1.807, 2.05) is 13.0 Å². The normalized spacial score (nSPS) is 14.8. The maximum absolute atomic E-state index is 11.4. The van der Waals surface area contributed by atoms with E-state index in [0.29, 0.717) is 11.5 Å². The second-order valence-corrected chi connectivity index (χ2v) is 7.90. The van der Waals surface area contributed by atoms with Crippen LogP contribution < -0.4 is 11.1 Å². The van der Waals surface area contributed by atoms with Gasteiger partial charge in [-0.3, -0.25) is 9.58 Å². The van der Waals surface area contributed by atoms with E-state index in [2.05, 4.69) is 44.6 Å². The second-order valence-electron chi connectivity index (χ2n) is 6.85. The number of aromatic nitrogens is 3. The highest BCUT2D eigenvalue weighted by Gasteiger charge is 2.17. The Morgan fingerprint density at radius 1 is 1.28 bits per heavy atom. The van der Waals surface area contributed by atoms with Gasteiger partial charge in [0.25, 0.3) is 0 Å². The Labute approximate surface area is 173 Å². The van der Waals surface area contributed by atoms with Crippen LogP contribution in [-0.4, -0.2) is 52.0 Å². The number of anilines is 1. The standard InChI is InChI=1S/C20H24N6O2S/c1-2-26-13-22-19(24-26)18-16(23-20(21)27)11-17(29-18)15-5-3-14(4-6-15)12-25-7-9-28-10-8-25/h3-6,11,13H,2,7-10,12H2,1H3,(H3,21,23,27). The van der Waals surface area contributed by atoms with Gasteiger partial charge in [0.05, 0.1) is 23.8 Å². The lowest BCUT2D eigenvalue weighted by Crippen LogP contribution is -2.35. The lowest BCUT2D eigenvalue weighted by molar-refractivity contribution is 0.0342. The average molecular weight is 413 g/mol. The zero-order valence-corrected chi connectivity index (χ0v) is 17.1. The van der Waals surface area contributed by atoms with Gasteiger partial charge >= 0.3 is 6.03 Å². The number of benzene rings is 1. The Morgan fingerprint density at radius 3 is 2.69 bits per heavy atom. The second kappa shape index (κ2) is 8.73. The van der Waals surface area contributed by atoms with Gasteiger partial charge in [0.2, 0.25) is 0 Å². The fraction of sp³-hybridized carbons (Fsp3) is 0.350. The highest BCUT2D eigenvalue weighted by atomic mass is 32.1. The predicted octanol–water partition coefficient (Wildman–Crippen LogP) is 3.02. The number of hydrogen-bond donors (Lipinski definition) is 2. The zero-order chi connectivity index (χ0) is 20.2. The fourth-order valence-corrected chi connectivity index (χ4v) is 4.32. The molecule has 0 saturated carbocycles.